The smallest absolute Gasteiger partial charge is 0.326 e. The predicted molar refractivity (Wildman–Crippen MR) is 66.4 cm³/mol. The SMILES string of the molecule is Cc1csc(C(=O)N[C@@H](CCC(N)=O)C(=O)O)c1. The summed E-state index contributed by atoms with van der Waals surface area (Å²) < 4.78 is 0. The van der Waals surface area contributed by atoms with Crippen LogP contribution >= 0.6 is 11.3 Å². The molecule has 0 aliphatic heterocycles. The summed E-state index contributed by atoms with van der Waals surface area (Å²) in [5.74, 6) is -2.23. The lowest BCUT2D eigenvalue weighted by Gasteiger charge is -2.12. The number of thiophene rings is 1. The Morgan fingerprint density at radius 2 is 2.17 bits per heavy atom. The van der Waals surface area contributed by atoms with E-state index >= 15 is 0 Å². The third-order valence-electron chi connectivity index (χ3n) is 2.24. The molecule has 7 heteroatoms. The Bertz CT molecular complexity index is 469. The standard InChI is InChI=1S/C11H14N2O4S/c1-6-4-8(18-5-6)10(15)13-7(11(16)17)2-3-9(12)14/h4-5,7H,2-3H2,1H3,(H2,12,14)(H,13,15)(H,16,17)/t7-/m0/s1. The van der Waals surface area contributed by atoms with Gasteiger partial charge in [-0.25, -0.2) is 4.79 Å². The summed E-state index contributed by atoms with van der Waals surface area (Å²) in [7, 11) is 0. The Kier molecular flexibility index (Phi) is 4.85. The van der Waals surface area contributed by atoms with Gasteiger partial charge in [-0.15, -0.1) is 11.3 Å². The molecule has 0 saturated carbocycles. The molecular formula is C11H14N2O4S. The molecule has 0 saturated heterocycles. The van der Waals surface area contributed by atoms with Gasteiger partial charge in [-0.2, -0.15) is 0 Å². The highest BCUT2D eigenvalue weighted by Crippen LogP contribution is 2.13. The number of aryl methyl sites for hydroxylation is 1. The van der Waals surface area contributed by atoms with Crippen LogP contribution in [0.1, 0.15) is 28.1 Å². The molecule has 0 bridgehead atoms. The van der Waals surface area contributed by atoms with Gasteiger partial charge in [-0.3, -0.25) is 9.59 Å². The summed E-state index contributed by atoms with van der Waals surface area (Å²) in [6.07, 6.45) is -0.0958. The minimum absolute atomic E-state index is 0.0131. The van der Waals surface area contributed by atoms with Gasteiger partial charge in [0.1, 0.15) is 6.04 Å². The van der Waals surface area contributed by atoms with E-state index in [4.69, 9.17) is 10.8 Å². The molecule has 1 aromatic rings. The molecule has 4 N–H and O–H groups in total. The number of hydrogen-bond donors (Lipinski definition) is 3. The second-order valence-electron chi connectivity index (χ2n) is 3.86. The van der Waals surface area contributed by atoms with Gasteiger partial charge in [-0.05, 0) is 30.4 Å². The van der Waals surface area contributed by atoms with E-state index in [9.17, 15) is 14.4 Å². The fourth-order valence-electron chi connectivity index (χ4n) is 1.32. The van der Waals surface area contributed by atoms with Gasteiger partial charge < -0.3 is 16.2 Å². The zero-order valence-corrected chi connectivity index (χ0v) is 10.6. The quantitative estimate of drug-likeness (QED) is 0.699. The maximum absolute atomic E-state index is 11.7. The molecule has 0 spiro atoms. The molecule has 18 heavy (non-hydrogen) atoms. The van der Waals surface area contributed by atoms with Gasteiger partial charge in [0.05, 0.1) is 4.88 Å². The molecule has 6 nitrogen and oxygen atoms in total. The van der Waals surface area contributed by atoms with E-state index in [1.165, 1.54) is 11.3 Å². The van der Waals surface area contributed by atoms with Crippen molar-refractivity contribution >= 4 is 29.1 Å². The first-order chi connectivity index (χ1) is 8.40. The molecule has 0 radical (unpaired) electrons. The maximum Gasteiger partial charge on any atom is 0.326 e. The van der Waals surface area contributed by atoms with Gasteiger partial charge in [0.15, 0.2) is 0 Å². The molecule has 1 rings (SSSR count). The van der Waals surface area contributed by atoms with Gasteiger partial charge in [-0.1, -0.05) is 0 Å². The second kappa shape index (κ2) is 6.15. The van der Waals surface area contributed by atoms with Crippen LogP contribution in [0.25, 0.3) is 0 Å². The minimum Gasteiger partial charge on any atom is -0.480 e. The summed E-state index contributed by atoms with van der Waals surface area (Å²) in [6.45, 7) is 1.84. The lowest BCUT2D eigenvalue weighted by Crippen LogP contribution is -2.41. The number of nitrogens with two attached hydrogens (primary N) is 1. The van der Waals surface area contributed by atoms with Crippen molar-refractivity contribution in [3.05, 3.63) is 21.9 Å². The number of nitrogens with one attached hydrogen (secondary N) is 1. The number of aliphatic carboxylic acids is 1. The van der Waals surface area contributed by atoms with E-state index in [1.54, 1.807) is 11.4 Å². The van der Waals surface area contributed by atoms with Crippen LogP contribution in [-0.2, 0) is 9.59 Å². The van der Waals surface area contributed by atoms with E-state index < -0.39 is 23.8 Å². The zero-order valence-electron chi connectivity index (χ0n) is 9.80. The van der Waals surface area contributed by atoms with E-state index in [0.717, 1.165) is 5.56 Å². The molecule has 98 valence electrons. The van der Waals surface area contributed by atoms with Gasteiger partial charge >= 0.3 is 5.97 Å². The van der Waals surface area contributed by atoms with Crippen molar-refractivity contribution in [3.63, 3.8) is 0 Å². The number of carbonyl (C=O) groups excluding carboxylic acids is 2. The third kappa shape index (κ3) is 4.17. The van der Waals surface area contributed by atoms with Crippen LogP contribution in [0, 0.1) is 6.92 Å². The van der Waals surface area contributed by atoms with Crippen molar-refractivity contribution in [1.29, 1.82) is 0 Å². The maximum atomic E-state index is 11.7. The van der Waals surface area contributed by atoms with Gasteiger partial charge in [0.25, 0.3) is 5.91 Å². The van der Waals surface area contributed by atoms with Crippen LogP contribution in [0.5, 0.6) is 0 Å². The average molecular weight is 270 g/mol. The predicted octanol–water partition coefficient (Wildman–Crippen LogP) is 0.505. The lowest BCUT2D eigenvalue weighted by molar-refractivity contribution is -0.139. The van der Waals surface area contributed by atoms with Crippen LogP contribution in [0.15, 0.2) is 11.4 Å². The van der Waals surface area contributed by atoms with Gasteiger partial charge in [0.2, 0.25) is 5.91 Å². The van der Waals surface area contributed by atoms with Crippen molar-refractivity contribution in [3.8, 4) is 0 Å². The van der Waals surface area contributed by atoms with Crippen LogP contribution in [-0.4, -0.2) is 28.9 Å². The molecule has 1 atom stereocenters. The van der Waals surface area contributed by atoms with Crippen molar-refractivity contribution in [2.24, 2.45) is 5.73 Å². The largest absolute Gasteiger partial charge is 0.480 e. The summed E-state index contributed by atoms with van der Waals surface area (Å²) in [4.78, 5) is 33.7. The monoisotopic (exact) mass is 270 g/mol. The van der Waals surface area contributed by atoms with Crippen LogP contribution in [0.4, 0.5) is 0 Å². The molecule has 2 amide bonds. The molecule has 0 aliphatic rings. The second-order valence-corrected chi connectivity index (χ2v) is 4.77. The Balaban J connectivity index is 2.63. The summed E-state index contributed by atoms with van der Waals surface area (Å²) in [6, 6.07) is 0.569. The average Bonchev–Trinajstić information content (AvgIpc) is 2.70. The van der Waals surface area contributed by atoms with Crippen LogP contribution in [0.2, 0.25) is 0 Å². The first-order valence-corrected chi connectivity index (χ1v) is 6.15. The topological polar surface area (TPSA) is 109 Å². The number of carboxylic acids is 1. The lowest BCUT2D eigenvalue weighted by atomic mass is 10.1. The number of carboxylic acid groups (broad SMARTS) is 1. The van der Waals surface area contributed by atoms with Crippen molar-refractivity contribution in [1.82, 2.24) is 5.32 Å². The summed E-state index contributed by atoms with van der Waals surface area (Å²) in [5.41, 5.74) is 5.88. The Morgan fingerprint density at radius 1 is 1.50 bits per heavy atom. The van der Waals surface area contributed by atoms with Crippen molar-refractivity contribution in [2.45, 2.75) is 25.8 Å². The van der Waals surface area contributed by atoms with Crippen molar-refractivity contribution < 1.29 is 19.5 Å². The number of rotatable bonds is 6. The van der Waals surface area contributed by atoms with Gasteiger partial charge in [0, 0.05) is 6.42 Å². The fourth-order valence-corrected chi connectivity index (χ4v) is 2.12. The van der Waals surface area contributed by atoms with Crippen LogP contribution < -0.4 is 11.1 Å². The Hall–Kier alpha value is -1.89. The van der Waals surface area contributed by atoms with E-state index in [-0.39, 0.29) is 12.8 Å². The minimum atomic E-state index is -1.18. The number of hydrogen-bond acceptors (Lipinski definition) is 4. The molecule has 0 unspecified atom stereocenters. The fraction of sp³-hybridized carbons (Fsp3) is 0.364. The van der Waals surface area contributed by atoms with E-state index in [0.29, 0.717) is 4.88 Å². The highest BCUT2D eigenvalue weighted by Gasteiger charge is 2.21. The van der Waals surface area contributed by atoms with E-state index in [2.05, 4.69) is 5.32 Å². The highest BCUT2D eigenvalue weighted by molar-refractivity contribution is 7.12. The third-order valence-corrected chi connectivity index (χ3v) is 3.28. The highest BCUT2D eigenvalue weighted by atomic mass is 32.1. The molecular weight excluding hydrogens is 256 g/mol. The zero-order chi connectivity index (χ0) is 13.7. The summed E-state index contributed by atoms with van der Waals surface area (Å²) in [5, 5.41) is 13.1. The number of carbonyl (C=O) groups is 3. The summed E-state index contributed by atoms with van der Waals surface area (Å²) >= 11 is 1.24. The van der Waals surface area contributed by atoms with Crippen molar-refractivity contribution in [2.75, 3.05) is 0 Å². The Labute approximate surface area is 108 Å². The molecule has 1 aromatic heterocycles. The Morgan fingerprint density at radius 3 is 2.61 bits per heavy atom. The molecule has 1 heterocycles. The normalized spacial score (nSPS) is 11.8. The van der Waals surface area contributed by atoms with E-state index in [1.807, 2.05) is 6.92 Å². The number of amides is 2. The van der Waals surface area contributed by atoms with Crippen LogP contribution in [0.3, 0.4) is 0 Å². The number of primary amides is 1. The first-order valence-electron chi connectivity index (χ1n) is 5.27. The molecule has 0 aliphatic carbocycles. The molecule has 0 aromatic carbocycles. The molecule has 0 fully saturated rings. The first kappa shape index (κ1) is 14.2.